The van der Waals surface area contributed by atoms with Gasteiger partial charge in [0.15, 0.2) is 0 Å². The minimum atomic E-state index is -3.83. The van der Waals surface area contributed by atoms with Crippen molar-refractivity contribution < 1.29 is 12.8 Å². The van der Waals surface area contributed by atoms with Crippen LogP contribution in [0.15, 0.2) is 23.1 Å². The van der Waals surface area contributed by atoms with Crippen LogP contribution in [-0.4, -0.2) is 39.5 Å². The minimum Gasteiger partial charge on any atom is -0.326 e. The molecule has 5 nitrogen and oxygen atoms in total. The Bertz CT molecular complexity index is 577. The Morgan fingerprint density at radius 2 is 2.25 bits per heavy atom. The van der Waals surface area contributed by atoms with E-state index in [1.54, 1.807) is 0 Å². The molecule has 1 aromatic carbocycles. The molecule has 0 aliphatic carbocycles. The third kappa shape index (κ3) is 3.54. The molecule has 1 aliphatic rings. The number of hydrogen-bond donors (Lipinski definition) is 2. The molecule has 1 saturated heterocycles. The summed E-state index contributed by atoms with van der Waals surface area (Å²) in [5.74, 6) is -0.760. The first kappa shape index (κ1) is 15.4. The molecule has 1 heterocycles. The lowest BCUT2D eigenvalue weighted by molar-refractivity contribution is 0.242. The van der Waals surface area contributed by atoms with Gasteiger partial charge < -0.3 is 10.6 Å². The summed E-state index contributed by atoms with van der Waals surface area (Å²) in [6.07, 6.45) is 1.70. The van der Waals surface area contributed by atoms with E-state index in [2.05, 4.69) is 9.62 Å². The zero-order chi connectivity index (χ0) is 14.8. The molecule has 2 rings (SSSR count). The number of nitrogens with one attached hydrogen (secondary N) is 1. The fourth-order valence-electron chi connectivity index (χ4n) is 2.43. The second kappa shape index (κ2) is 6.17. The quantitative estimate of drug-likeness (QED) is 0.856. The summed E-state index contributed by atoms with van der Waals surface area (Å²) >= 11 is 0. The first-order valence-corrected chi connectivity index (χ1v) is 8.10. The molecule has 1 aliphatic heterocycles. The molecule has 1 aromatic rings. The van der Waals surface area contributed by atoms with E-state index in [1.165, 1.54) is 18.2 Å². The number of rotatable bonds is 4. The number of likely N-dealkylation sites (N-methyl/N-ethyl adjacent to an activating group) is 1. The van der Waals surface area contributed by atoms with E-state index in [0.717, 1.165) is 19.4 Å². The average molecular weight is 301 g/mol. The van der Waals surface area contributed by atoms with Gasteiger partial charge in [0.1, 0.15) is 10.7 Å². The number of piperidine rings is 1. The normalized spacial score (nSPS) is 21.1. The molecule has 0 aromatic heterocycles. The Balaban J connectivity index is 2.17. The molecular formula is C13H20FN3O2S. The zero-order valence-electron chi connectivity index (χ0n) is 11.5. The van der Waals surface area contributed by atoms with E-state index in [-0.39, 0.29) is 17.5 Å². The van der Waals surface area contributed by atoms with Crippen LogP contribution < -0.4 is 10.5 Å². The molecule has 0 saturated carbocycles. The second-order valence-electron chi connectivity index (χ2n) is 5.19. The zero-order valence-corrected chi connectivity index (χ0v) is 12.3. The second-order valence-corrected chi connectivity index (χ2v) is 6.87. The molecule has 7 heteroatoms. The van der Waals surface area contributed by atoms with Crippen molar-refractivity contribution in [3.63, 3.8) is 0 Å². The summed E-state index contributed by atoms with van der Waals surface area (Å²) in [6.45, 7) is 1.78. The van der Waals surface area contributed by atoms with Crippen molar-refractivity contribution in [3.05, 3.63) is 29.6 Å². The van der Waals surface area contributed by atoms with E-state index in [1.807, 2.05) is 7.05 Å². The maximum atomic E-state index is 13.9. The van der Waals surface area contributed by atoms with Crippen molar-refractivity contribution >= 4 is 10.0 Å². The Morgan fingerprint density at radius 3 is 2.85 bits per heavy atom. The molecular weight excluding hydrogens is 281 g/mol. The molecule has 0 radical (unpaired) electrons. The summed E-state index contributed by atoms with van der Waals surface area (Å²) in [5.41, 5.74) is 5.97. The van der Waals surface area contributed by atoms with Gasteiger partial charge in [-0.2, -0.15) is 0 Å². The van der Waals surface area contributed by atoms with Gasteiger partial charge in [-0.15, -0.1) is 0 Å². The van der Waals surface area contributed by atoms with Crippen LogP contribution in [0.5, 0.6) is 0 Å². The lowest BCUT2D eigenvalue weighted by atomic mass is 10.1. The monoisotopic (exact) mass is 301 g/mol. The van der Waals surface area contributed by atoms with Gasteiger partial charge in [0, 0.05) is 19.1 Å². The van der Waals surface area contributed by atoms with E-state index >= 15 is 0 Å². The Morgan fingerprint density at radius 1 is 1.50 bits per heavy atom. The average Bonchev–Trinajstić information content (AvgIpc) is 2.37. The van der Waals surface area contributed by atoms with Crippen molar-refractivity contribution in [1.82, 2.24) is 9.62 Å². The van der Waals surface area contributed by atoms with Crippen LogP contribution in [0.2, 0.25) is 0 Å². The Kier molecular flexibility index (Phi) is 4.74. The van der Waals surface area contributed by atoms with Crippen LogP contribution in [0.25, 0.3) is 0 Å². The summed E-state index contributed by atoms with van der Waals surface area (Å²) in [6, 6.07) is 3.80. The van der Waals surface area contributed by atoms with Gasteiger partial charge in [0.25, 0.3) is 0 Å². The van der Waals surface area contributed by atoms with Gasteiger partial charge >= 0.3 is 0 Å². The summed E-state index contributed by atoms with van der Waals surface area (Å²) in [4.78, 5) is 1.74. The lowest BCUT2D eigenvalue weighted by Gasteiger charge is -2.30. The van der Waals surface area contributed by atoms with Gasteiger partial charge in [-0.3, -0.25) is 0 Å². The summed E-state index contributed by atoms with van der Waals surface area (Å²) in [5, 5.41) is 0. The highest BCUT2D eigenvalue weighted by molar-refractivity contribution is 7.89. The van der Waals surface area contributed by atoms with Crippen LogP contribution in [-0.2, 0) is 16.6 Å². The van der Waals surface area contributed by atoms with E-state index in [9.17, 15) is 12.8 Å². The van der Waals surface area contributed by atoms with Crippen molar-refractivity contribution in [2.45, 2.75) is 30.3 Å². The first-order chi connectivity index (χ1) is 9.42. The van der Waals surface area contributed by atoms with Crippen LogP contribution in [0.1, 0.15) is 18.4 Å². The molecule has 0 spiro atoms. The van der Waals surface area contributed by atoms with E-state index in [0.29, 0.717) is 12.1 Å². The number of nitrogens with zero attached hydrogens (tertiary/aromatic N) is 1. The van der Waals surface area contributed by atoms with Crippen molar-refractivity contribution in [2.24, 2.45) is 5.73 Å². The third-order valence-electron chi connectivity index (χ3n) is 3.47. The fourth-order valence-corrected chi connectivity index (χ4v) is 3.76. The van der Waals surface area contributed by atoms with Gasteiger partial charge in [0.05, 0.1) is 0 Å². The molecule has 112 valence electrons. The molecule has 1 atom stereocenters. The highest BCUT2D eigenvalue weighted by atomic mass is 32.2. The van der Waals surface area contributed by atoms with Crippen LogP contribution in [0.4, 0.5) is 4.39 Å². The van der Waals surface area contributed by atoms with Crippen molar-refractivity contribution in [3.8, 4) is 0 Å². The van der Waals surface area contributed by atoms with Crippen molar-refractivity contribution in [2.75, 3.05) is 20.1 Å². The molecule has 1 fully saturated rings. The molecule has 1 unspecified atom stereocenters. The number of halogens is 1. The Labute approximate surface area is 119 Å². The maximum absolute atomic E-state index is 13.9. The summed E-state index contributed by atoms with van der Waals surface area (Å²) < 4.78 is 40.9. The molecule has 3 N–H and O–H groups in total. The predicted molar refractivity (Wildman–Crippen MR) is 75.1 cm³/mol. The van der Waals surface area contributed by atoms with Crippen LogP contribution in [0.3, 0.4) is 0 Å². The summed E-state index contributed by atoms with van der Waals surface area (Å²) in [7, 11) is -1.89. The number of nitrogens with two attached hydrogens (primary N) is 1. The first-order valence-electron chi connectivity index (χ1n) is 6.62. The molecule has 20 heavy (non-hydrogen) atoms. The largest absolute Gasteiger partial charge is 0.326 e. The SMILES string of the molecule is CN1CCCC(NS(=O)(=O)c2ccc(CN)cc2F)C1. The topological polar surface area (TPSA) is 75.4 Å². The highest BCUT2D eigenvalue weighted by Crippen LogP contribution is 2.18. The maximum Gasteiger partial charge on any atom is 0.243 e. The van der Waals surface area contributed by atoms with Crippen LogP contribution >= 0.6 is 0 Å². The van der Waals surface area contributed by atoms with Gasteiger partial charge in [0.2, 0.25) is 10.0 Å². The number of hydrogen-bond acceptors (Lipinski definition) is 4. The van der Waals surface area contributed by atoms with Gasteiger partial charge in [-0.1, -0.05) is 6.07 Å². The predicted octanol–water partition coefficient (Wildman–Crippen LogP) is 0.657. The minimum absolute atomic E-state index is 0.174. The smallest absolute Gasteiger partial charge is 0.243 e. The highest BCUT2D eigenvalue weighted by Gasteiger charge is 2.25. The standard InChI is InChI=1S/C13H20FN3O2S/c1-17-6-2-3-11(9-17)16-20(18,19)13-5-4-10(8-15)7-12(13)14/h4-5,7,11,16H,2-3,6,8-9,15H2,1H3. The van der Waals surface area contributed by atoms with E-state index in [4.69, 9.17) is 5.73 Å². The molecule has 0 amide bonds. The van der Waals surface area contributed by atoms with Crippen LogP contribution in [0, 0.1) is 5.82 Å². The Hall–Kier alpha value is -1.02. The number of likely N-dealkylation sites (tertiary alicyclic amines) is 1. The van der Waals surface area contributed by atoms with Gasteiger partial charge in [-0.05, 0) is 44.1 Å². The molecule has 0 bridgehead atoms. The van der Waals surface area contributed by atoms with Gasteiger partial charge in [-0.25, -0.2) is 17.5 Å². The number of benzene rings is 1. The lowest BCUT2D eigenvalue weighted by Crippen LogP contribution is -2.46. The van der Waals surface area contributed by atoms with Crippen molar-refractivity contribution in [1.29, 1.82) is 0 Å². The fraction of sp³-hybridized carbons (Fsp3) is 0.538. The van der Waals surface area contributed by atoms with E-state index < -0.39 is 15.8 Å². The number of sulfonamides is 1. The third-order valence-corrected chi connectivity index (χ3v) is 5.02.